The summed E-state index contributed by atoms with van der Waals surface area (Å²) in [4.78, 5) is 0. The number of hydrogen-bond acceptors (Lipinski definition) is 2. The van der Waals surface area contributed by atoms with Gasteiger partial charge in [-0.1, -0.05) is 25.1 Å². The largest absolute Gasteiger partial charge is 0.311 e. The summed E-state index contributed by atoms with van der Waals surface area (Å²) >= 11 is 0. The first-order chi connectivity index (χ1) is 9.29. The van der Waals surface area contributed by atoms with Gasteiger partial charge >= 0.3 is 0 Å². The lowest BCUT2D eigenvalue weighted by molar-refractivity contribution is 0.459. The molecule has 3 heteroatoms. The summed E-state index contributed by atoms with van der Waals surface area (Å²) in [5.74, 6) is 1.77. The molecule has 0 radical (unpaired) electrons. The molecule has 1 atom stereocenters. The highest BCUT2D eigenvalue weighted by atomic mass is 15.3. The average molecular weight is 257 g/mol. The van der Waals surface area contributed by atoms with Crippen molar-refractivity contribution >= 4 is 10.9 Å². The molecule has 1 N–H and O–H groups in total. The third-order valence-corrected chi connectivity index (χ3v) is 4.22. The summed E-state index contributed by atoms with van der Waals surface area (Å²) in [6, 6.07) is 8.51. The molecule has 3 rings (SSSR count). The van der Waals surface area contributed by atoms with Crippen molar-refractivity contribution in [2.75, 3.05) is 6.54 Å². The molecule has 1 aliphatic carbocycles. The van der Waals surface area contributed by atoms with E-state index in [-0.39, 0.29) is 0 Å². The number of hydrogen-bond donors (Lipinski definition) is 1. The molecule has 0 spiro atoms. The lowest BCUT2D eigenvalue weighted by Crippen LogP contribution is -2.22. The standard InChI is InChI=1S/C16H23N3/c1-3-19-16-7-5-4-6-14(16)15(18-19)11-17-10-12(2)13-8-9-13/h4-7,12-13,17H,3,8-11H2,1-2H3. The lowest BCUT2D eigenvalue weighted by atomic mass is 10.1. The topological polar surface area (TPSA) is 29.9 Å². The van der Waals surface area contributed by atoms with Crippen LogP contribution in [-0.2, 0) is 13.1 Å². The fraction of sp³-hybridized carbons (Fsp3) is 0.562. The Bertz CT molecular complexity index is 554. The fourth-order valence-electron chi connectivity index (χ4n) is 2.82. The van der Waals surface area contributed by atoms with Crippen LogP contribution >= 0.6 is 0 Å². The summed E-state index contributed by atoms with van der Waals surface area (Å²) < 4.78 is 2.09. The Morgan fingerprint density at radius 2 is 2.16 bits per heavy atom. The van der Waals surface area contributed by atoms with E-state index in [4.69, 9.17) is 5.10 Å². The Kier molecular flexibility index (Phi) is 3.56. The van der Waals surface area contributed by atoms with E-state index in [2.05, 4.69) is 48.1 Å². The second-order valence-electron chi connectivity index (χ2n) is 5.73. The maximum Gasteiger partial charge on any atom is 0.0841 e. The van der Waals surface area contributed by atoms with Crippen LogP contribution in [0.2, 0.25) is 0 Å². The average Bonchev–Trinajstić information content (AvgIpc) is 3.22. The normalized spacial score (nSPS) is 16.9. The van der Waals surface area contributed by atoms with Gasteiger partial charge in [-0.05, 0) is 44.2 Å². The van der Waals surface area contributed by atoms with Crippen LogP contribution in [0.5, 0.6) is 0 Å². The van der Waals surface area contributed by atoms with Gasteiger partial charge in [-0.15, -0.1) is 0 Å². The molecule has 0 amide bonds. The number of fused-ring (bicyclic) bond motifs is 1. The van der Waals surface area contributed by atoms with Crippen LogP contribution in [0.4, 0.5) is 0 Å². The van der Waals surface area contributed by atoms with E-state index in [1.54, 1.807) is 0 Å². The molecule has 1 aromatic heterocycles. The minimum Gasteiger partial charge on any atom is -0.311 e. The van der Waals surface area contributed by atoms with E-state index >= 15 is 0 Å². The van der Waals surface area contributed by atoms with Crippen LogP contribution in [0, 0.1) is 11.8 Å². The zero-order chi connectivity index (χ0) is 13.2. The Morgan fingerprint density at radius 3 is 2.89 bits per heavy atom. The van der Waals surface area contributed by atoms with Crippen LogP contribution in [0.1, 0.15) is 32.4 Å². The smallest absolute Gasteiger partial charge is 0.0841 e. The number of aromatic nitrogens is 2. The number of benzene rings is 1. The summed E-state index contributed by atoms with van der Waals surface area (Å²) in [7, 11) is 0. The molecule has 1 unspecified atom stereocenters. The summed E-state index contributed by atoms with van der Waals surface area (Å²) in [5, 5.41) is 9.58. The van der Waals surface area contributed by atoms with Crippen molar-refractivity contribution in [3.63, 3.8) is 0 Å². The molecule has 2 aromatic rings. The first-order valence-electron chi connectivity index (χ1n) is 7.44. The molecule has 3 nitrogen and oxygen atoms in total. The number of rotatable bonds is 6. The zero-order valence-corrected chi connectivity index (χ0v) is 11.9. The van der Waals surface area contributed by atoms with E-state index in [1.165, 1.54) is 29.4 Å². The third kappa shape index (κ3) is 2.66. The highest BCUT2D eigenvalue weighted by molar-refractivity contribution is 5.81. The van der Waals surface area contributed by atoms with Gasteiger partial charge in [0, 0.05) is 18.5 Å². The lowest BCUT2D eigenvalue weighted by Gasteiger charge is -2.10. The van der Waals surface area contributed by atoms with Crippen molar-refractivity contribution in [2.45, 2.75) is 39.8 Å². The highest BCUT2D eigenvalue weighted by Crippen LogP contribution is 2.36. The quantitative estimate of drug-likeness (QED) is 0.861. The molecule has 1 fully saturated rings. The van der Waals surface area contributed by atoms with Gasteiger partial charge in [-0.3, -0.25) is 4.68 Å². The number of nitrogens with zero attached hydrogens (tertiary/aromatic N) is 2. The van der Waals surface area contributed by atoms with Crippen LogP contribution in [0.25, 0.3) is 10.9 Å². The van der Waals surface area contributed by atoms with Gasteiger partial charge in [0.2, 0.25) is 0 Å². The van der Waals surface area contributed by atoms with Gasteiger partial charge in [0.15, 0.2) is 0 Å². The molecule has 1 heterocycles. The molecule has 0 saturated heterocycles. The van der Waals surface area contributed by atoms with Gasteiger partial charge in [0.1, 0.15) is 0 Å². The number of nitrogens with one attached hydrogen (secondary N) is 1. The number of para-hydroxylation sites is 1. The molecular weight excluding hydrogens is 234 g/mol. The Balaban J connectivity index is 1.69. The van der Waals surface area contributed by atoms with Crippen molar-refractivity contribution in [1.82, 2.24) is 15.1 Å². The summed E-state index contributed by atoms with van der Waals surface area (Å²) in [5.41, 5.74) is 2.43. The predicted molar refractivity (Wildman–Crippen MR) is 79.0 cm³/mol. The van der Waals surface area contributed by atoms with Gasteiger partial charge < -0.3 is 5.32 Å². The van der Waals surface area contributed by atoms with Gasteiger partial charge in [0.05, 0.1) is 11.2 Å². The molecule has 1 aromatic carbocycles. The monoisotopic (exact) mass is 257 g/mol. The molecule has 1 aliphatic rings. The second kappa shape index (κ2) is 5.33. The van der Waals surface area contributed by atoms with E-state index in [0.29, 0.717) is 0 Å². The molecule has 0 aliphatic heterocycles. The van der Waals surface area contributed by atoms with Crippen molar-refractivity contribution in [3.05, 3.63) is 30.0 Å². The van der Waals surface area contributed by atoms with Crippen molar-refractivity contribution in [3.8, 4) is 0 Å². The van der Waals surface area contributed by atoms with Crippen LogP contribution in [0.15, 0.2) is 24.3 Å². The van der Waals surface area contributed by atoms with Crippen LogP contribution < -0.4 is 5.32 Å². The van der Waals surface area contributed by atoms with Gasteiger partial charge in [-0.2, -0.15) is 5.10 Å². The maximum atomic E-state index is 4.72. The molecular formula is C16H23N3. The third-order valence-electron chi connectivity index (χ3n) is 4.22. The minimum atomic E-state index is 0.805. The Hall–Kier alpha value is -1.35. The predicted octanol–water partition coefficient (Wildman–Crippen LogP) is 3.19. The van der Waals surface area contributed by atoms with E-state index in [0.717, 1.165) is 31.5 Å². The molecule has 1 saturated carbocycles. The summed E-state index contributed by atoms with van der Waals surface area (Å²) in [6.07, 6.45) is 2.85. The SMILES string of the molecule is CCn1nc(CNCC(C)C2CC2)c2ccccc21. The van der Waals surface area contributed by atoms with E-state index in [9.17, 15) is 0 Å². The molecule has 0 bridgehead atoms. The minimum absolute atomic E-state index is 0.805. The van der Waals surface area contributed by atoms with Crippen molar-refractivity contribution in [1.29, 1.82) is 0 Å². The first kappa shape index (κ1) is 12.7. The summed E-state index contributed by atoms with van der Waals surface area (Å²) in [6.45, 7) is 7.42. The first-order valence-corrected chi connectivity index (χ1v) is 7.44. The molecule has 102 valence electrons. The van der Waals surface area contributed by atoms with Crippen LogP contribution in [-0.4, -0.2) is 16.3 Å². The van der Waals surface area contributed by atoms with Gasteiger partial charge in [-0.25, -0.2) is 0 Å². The fourth-order valence-corrected chi connectivity index (χ4v) is 2.82. The maximum absolute atomic E-state index is 4.72. The number of aryl methyl sites for hydroxylation is 1. The van der Waals surface area contributed by atoms with Crippen molar-refractivity contribution in [2.24, 2.45) is 11.8 Å². The molecule has 19 heavy (non-hydrogen) atoms. The Morgan fingerprint density at radius 1 is 1.37 bits per heavy atom. The Labute approximate surface area is 115 Å². The van der Waals surface area contributed by atoms with E-state index < -0.39 is 0 Å². The second-order valence-corrected chi connectivity index (χ2v) is 5.73. The zero-order valence-electron chi connectivity index (χ0n) is 11.9. The van der Waals surface area contributed by atoms with Gasteiger partial charge in [0.25, 0.3) is 0 Å². The van der Waals surface area contributed by atoms with E-state index in [1.807, 2.05) is 0 Å². The highest BCUT2D eigenvalue weighted by Gasteiger charge is 2.27. The van der Waals surface area contributed by atoms with Crippen LogP contribution in [0.3, 0.4) is 0 Å². The van der Waals surface area contributed by atoms with Crippen molar-refractivity contribution < 1.29 is 0 Å².